The van der Waals surface area contributed by atoms with E-state index in [1.165, 1.54) is 0 Å². The highest BCUT2D eigenvalue weighted by Gasteiger charge is 2.29. The van der Waals surface area contributed by atoms with E-state index in [0.29, 0.717) is 29.7 Å². The molecule has 1 aliphatic rings. The second kappa shape index (κ2) is 6.85. The highest BCUT2D eigenvalue weighted by Crippen LogP contribution is 2.22. The second-order valence-corrected chi connectivity index (χ2v) is 5.76. The van der Waals surface area contributed by atoms with Crippen molar-refractivity contribution in [3.05, 3.63) is 17.7 Å². The summed E-state index contributed by atoms with van der Waals surface area (Å²) in [5.41, 5.74) is 1.15. The number of aromatic nitrogens is 2. The molecule has 0 saturated carbocycles. The number of likely N-dealkylation sites (tertiary alicyclic amines) is 1. The van der Waals surface area contributed by atoms with E-state index in [9.17, 15) is 4.79 Å². The number of ether oxygens (including phenoxy) is 1. The first-order chi connectivity index (χ1) is 10.1. The molecule has 21 heavy (non-hydrogen) atoms. The monoisotopic (exact) mass is 292 g/mol. The van der Waals surface area contributed by atoms with Gasteiger partial charge in [0.15, 0.2) is 5.69 Å². The molecule has 116 valence electrons. The minimum absolute atomic E-state index is 0.0257. The Morgan fingerprint density at radius 1 is 1.57 bits per heavy atom. The Hall–Kier alpha value is -1.69. The lowest BCUT2D eigenvalue weighted by atomic mass is 10.1. The molecule has 1 unspecified atom stereocenters. The quantitative estimate of drug-likeness (QED) is 0.895. The summed E-state index contributed by atoms with van der Waals surface area (Å²) >= 11 is 0. The Labute approximate surface area is 125 Å². The van der Waals surface area contributed by atoms with Crippen LogP contribution in [0.3, 0.4) is 0 Å². The lowest BCUT2D eigenvalue weighted by Gasteiger charge is -2.18. The molecule has 6 nitrogen and oxygen atoms in total. The van der Waals surface area contributed by atoms with Crippen molar-refractivity contribution < 1.29 is 9.53 Å². The maximum absolute atomic E-state index is 12.7. The molecule has 1 aliphatic heterocycles. The maximum Gasteiger partial charge on any atom is 0.274 e. The minimum atomic E-state index is -0.0257. The van der Waals surface area contributed by atoms with Crippen molar-refractivity contribution >= 4 is 11.6 Å². The van der Waals surface area contributed by atoms with Gasteiger partial charge in [0.25, 0.3) is 5.91 Å². The SMILES string of the molecule is CNc1cnc(C(C)C)nc1C(=O)N1CCC(COC)C1. The summed E-state index contributed by atoms with van der Waals surface area (Å²) in [4.78, 5) is 23.3. The fourth-order valence-electron chi connectivity index (χ4n) is 2.56. The Morgan fingerprint density at radius 3 is 2.95 bits per heavy atom. The Kier molecular flexibility index (Phi) is 5.12. The standard InChI is InChI=1S/C15H24N4O2/c1-10(2)14-17-7-12(16-3)13(18-14)15(20)19-6-5-11(8-19)9-21-4/h7,10-11,16H,5-6,8-9H2,1-4H3. The van der Waals surface area contributed by atoms with Gasteiger partial charge >= 0.3 is 0 Å². The molecule has 0 aliphatic carbocycles. The molecule has 1 saturated heterocycles. The third kappa shape index (κ3) is 3.50. The van der Waals surface area contributed by atoms with Gasteiger partial charge in [-0.15, -0.1) is 0 Å². The van der Waals surface area contributed by atoms with Crippen LogP contribution in [0.15, 0.2) is 6.20 Å². The van der Waals surface area contributed by atoms with Crippen LogP contribution in [0.25, 0.3) is 0 Å². The molecule has 1 amide bonds. The van der Waals surface area contributed by atoms with Crippen LogP contribution < -0.4 is 5.32 Å². The lowest BCUT2D eigenvalue weighted by molar-refractivity contribution is 0.0770. The molecule has 6 heteroatoms. The van der Waals surface area contributed by atoms with Gasteiger partial charge < -0.3 is 15.0 Å². The molecule has 2 heterocycles. The van der Waals surface area contributed by atoms with Crippen LogP contribution in [0.1, 0.15) is 42.5 Å². The predicted octanol–water partition coefficient (Wildman–Crippen LogP) is 1.75. The van der Waals surface area contributed by atoms with Gasteiger partial charge in [-0.2, -0.15) is 0 Å². The molecule has 1 aromatic rings. The van der Waals surface area contributed by atoms with Crippen LogP contribution in [0.4, 0.5) is 5.69 Å². The number of hydrogen-bond donors (Lipinski definition) is 1. The van der Waals surface area contributed by atoms with E-state index < -0.39 is 0 Å². The number of methoxy groups -OCH3 is 1. The average molecular weight is 292 g/mol. The van der Waals surface area contributed by atoms with E-state index in [1.807, 2.05) is 18.7 Å². The lowest BCUT2D eigenvalue weighted by Crippen LogP contribution is -2.31. The van der Waals surface area contributed by atoms with Gasteiger partial charge in [0, 0.05) is 39.1 Å². The van der Waals surface area contributed by atoms with Gasteiger partial charge in [0.1, 0.15) is 5.82 Å². The molecule has 0 bridgehead atoms. The topological polar surface area (TPSA) is 67.4 Å². The number of amides is 1. The molecule has 1 fully saturated rings. The highest BCUT2D eigenvalue weighted by atomic mass is 16.5. The van der Waals surface area contributed by atoms with Crippen molar-refractivity contribution in [2.75, 3.05) is 39.2 Å². The number of anilines is 1. The van der Waals surface area contributed by atoms with Crippen molar-refractivity contribution in [3.63, 3.8) is 0 Å². The van der Waals surface area contributed by atoms with Crippen LogP contribution in [0.2, 0.25) is 0 Å². The number of hydrogen-bond acceptors (Lipinski definition) is 5. The van der Waals surface area contributed by atoms with E-state index in [0.717, 1.165) is 19.5 Å². The number of nitrogens with one attached hydrogen (secondary N) is 1. The number of rotatable bonds is 5. The summed E-state index contributed by atoms with van der Waals surface area (Å²) in [5, 5.41) is 3.01. The van der Waals surface area contributed by atoms with Gasteiger partial charge in [0.05, 0.1) is 18.5 Å². The van der Waals surface area contributed by atoms with Gasteiger partial charge in [0.2, 0.25) is 0 Å². The molecule has 0 radical (unpaired) electrons. The molecule has 1 aromatic heterocycles. The summed E-state index contributed by atoms with van der Waals surface area (Å²) in [6.07, 6.45) is 2.68. The van der Waals surface area contributed by atoms with Crippen LogP contribution >= 0.6 is 0 Å². The molecule has 1 N–H and O–H groups in total. The molecule has 0 aromatic carbocycles. The predicted molar refractivity (Wildman–Crippen MR) is 81.6 cm³/mol. The van der Waals surface area contributed by atoms with Crippen molar-refractivity contribution in [2.45, 2.75) is 26.2 Å². The summed E-state index contributed by atoms with van der Waals surface area (Å²) in [7, 11) is 3.48. The number of carbonyl (C=O) groups is 1. The van der Waals surface area contributed by atoms with Crippen molar-refractivity contribution in [3.8, 4) is 0 Å². The van der Waals surface area contributed by atoms with Gasteiger partial charge in [-0.1, -0.05) is 13.8 Å². The number of carbonyl (C=O) groups excluding carboxylic acids is 1. The fourth-order valence-corrected chi connectivity index (χ4v) is 2.56. The van der Waals surface area contributed by atoms with E-state index >= 15 is 0 Å². The van der Waals surface area contributed by atoms with Crippen LogP contribution in [-0.2, 0) is 4.74 Å². The van der Waals surface area contributed by atoms with Gasteiger partial charge in [-0.3, -0.25) is 4.79 Å². The first kappa shape index (κ1) is 15.7. The van der Waals surface area contributed by atoms with Crippen molar-refractivity contribution in [1.82, 2.24) is 14.9 Å². The average Bonchev–Trinajstić information content (AvgIpc) is 2.94. The molecular weight excluding hydrogens is 268 g/mol. The number of nitrogens with zero attached hydrogens (tertiary/aromatic N) is 3. The first-order valence-corrected chi connectivity index (χ1v) is 7.39. The van der Waals surface area contributed by atoms with Crippen LogP contribution in [-0.4, -0.2) is 54.6 Å². The third-order valence-electron chi connectivity index (χ3n) is 3.77. The summed E-state index contributed by atoms with van der Waals surface area (Å²) in [5.74, 6) is 1.29. The van der Waals surface area contributed by atoms with Crippen molar-refractivity contribution in [1.29, 1.82) is 0 Å². The smallest absolute Gasteiger partial charge is 0.274 e. The normalized spacial score (nSPS) is 18.3. The van der Waals surface area contributed by atoms with Crippen LogP contribution in [0, 0.1) is 5.92 Å². The molecule has 2 rings (SSSR count). The van der Waals surface area contributed by atoms with Crippen molar-refractivity contribution in [2.24, 2.45) is 5.92 Å². The summed E-state index contributed by atoms with van der Waals surface area (Å²) in [6, 6.07) is 0. The zero-order valence-electron chi connectivity index (χ0n) is 13.2. The van der Waals surface area contributed by atoms with E-state index in [4.69, 9.17) is 4.74 Å². The Balaban J connectivity index is 2.20. The zero-order chi connectivity index (χ0) is 15.4. The van der Waals surface area contributed by atoms with Gasteiger partial charge in [-0.05, 0) is 6.42 Å². The van der Waals surface area contributed by atoms with Crippen LogP contribution in [0.5, 0.6) is 0 Å². The molecule has 1 atom stereocenters. The maximum atomic E-state index is 12.7. The third-order valence-corrected chi connectivity index (χ3v) is 3.77. The van der Waals surface area contributed by atoms with E-state index in [2.05, 4.69) is 15.3 Å². The Bertz CT molecular complexity index is 504. The molecular formula is C15H24N4O2. The second-order valence-electron chi connectivity index (χ2n) is 5.76. The van der Waals surface area contributed by atoms with E-state index in [-0.39, 0.29) is 11.8 Å². The summed E-state index contributed by atoms with van der Waals surface area (Å²) < 4.78 is 5.18. The minimum Gasteiger partial charge on any atom is -0.385 e. The Morgan fingerprint density at radius 2 is 2.33 bits per heavy atom. The first-order valence-electron chi connectivity index (χ1n) is 7.39. The highest BCUT2D eigenvalue weighted by molar-refractivity contribution is 5.97. The van der Waals surface area contributed by atoms with E-state index in [1.54, 1.807) is 20.4 Å². The largest absolute Gasteiger partial charge is 0.385 e. The summed E-state index contributed by atoms with van der Waals surface area (Å²) in [6.45, 7) is 6.23. The molecule has 0 spiro atoms. The zero-order valence-corrected chi connectivity index (χ0v) is 13.2. The fraction of sp³-hybridized carbons (Fsp3) is 0.667. The van der Waals surface area contributed by atoms with Gasteiger partial charge in [-0.25, -0.2) is 9.97 Å².